The minimum atomic E-state index is -0.703. The zero-order chi connectivity index (χ0) is 24.7. The third kappa shape index (κ3) is 6.11. The molecule has 34 heavy (non-hydrogen) atoms. The van der Waals surface area contributed by atoms with Crippen LogP contribution >= 0.6 is 11.6 Å². The zero-order valence-electron chi connectivity index (χ0n) is 18.8. The minimum absolute atomic E-state index is 0.0681. The highest BCUT2D eigenvalue weighted by molar-refractivity contribution is 6.30. The van der Waals surface area contributed by atoms with Crippen LogP contribution in [0.25, 0.3) is 10.9 Å². The van der Waals surface area contributed by atoms with Crippen LogP contribution in [0.15, 0.2) is 52.1 Å². The van der Waals surface area contributed by atoms with Crippen molar-refractivity contribution in [2.24, 2.45) is 0 Å². The molecule has 0 aliphatic rings. The van der Waals surface area contributed by atoms with Crippen LogP contribution in [0.4, 0.5) is 10.1 Å². The molecule has 0 atom stereocenters. The smallest absolute Gasteiger partial charge is 0.331 e. The van der Waals surface area contributed by atoms with Crippen molar-refractivity contribution in [1.82, 2.24) is 14.5 Å². The van der Waals surface area contributed by atoms with Gasteiger partial charge in [0, 0.05) is 24.5 Å². The van der Waals surface area contributed by atoms with Crippen molar-refractivity contribution in [3.63, 3.8) is 0 Å². The number of amides is 2. The van der Waals surface area contributed by atoms with Crippen LogP contribution in [0.1, 0.15) is 32.6 Å². The van der Waals surface area contributed by atoms with E-state index in [1.807, 2.05) is 6.92 Å². The number of fused-ring (bicyclic) bond motifs is 1. The highest BCUT2D eigenvalue weighted by atomic mass is 35.5. The lowest BCUT2D eigenvalue weighted by Gasteiger charge is -2.14. The minimum Gasteiger partial charge on any atom is -0.356 e. The highest BCUT2D eigenvalue weighted by Gasteiger charge is 2.16. The van der Waals surface area contributed by atoms with Gasteiger partial charge in [-0.3, -0.25) is 23.5 Å². The molecule has 2 aromatic carbocycles. The first kappa shape index (κ1) is 25.2. The van der Waals surface area contributed by atoms with Gasteiger partial charge < -0.3 is 10.6 Å². The van der Waals surface area contributed by atoms with Gasteiger partial charge in [0.05, 0.1) is 16.6 Å². The molecule has 10 heteroatoms. The number of halogens is 2. The lowest BCUT2D eigenvalue weighted by molar-refractivity contribution is -0.121. The molecule has 2 amide bonds. The summed E-state index contributed by atoms with van der Waals surface area (Å²) < 4.78 is 16.3. The Labute approximate surface area is 200 Å². The number of aromatic nitrogens is 2. The molecule has 0 unspecified atom stereocenters. The van der Waals surface area contributed by atoms with Gasteiger partial charge in [0.15, 0.2) is 0 Å². The molecular formula is C24H26ClFN4O4. The fourth-order valence-corrected chi connectivity index (χ4v) is 3.71. The Hall–Kier alpha value is -3.46. The number of rotatable bonds is 10. The Bertz CT molecular complexity index is 1320. The molecule has 0 fully saturated rings. The van der Waals surface area contributed by atoms with Crippen molar-refractivity contribution in [1.29, 1.82) is 0 Å². The lowest BCUT2D eigenvalue weighted by Crippen LogP contribution is -2.41. The van der Waals surface area contributed by atoms with Gasteiger partial charge in [-0.05, 0) is 49.6 Å². The fraction of sp³-hybridized carbons (Fsp3) is 0.333. The number of benzene rings is 2. The maximum absolute atomic E-state index is 14.1. The Morgan fingerprint density at radius 2 is 1.79 bits per heavy atom. The topological polar surface area (TPSA) is 102 Å². The maximum atomic E-state index is 14.1. The number of nitrogens with one attached hydrogen (secondary N) is 2. The fourth-order valence-electron chi connectivity index (χ4n) is 3.55. The summed E-state index contributed by atoms with van der Waals surface area (Å²) in [5.74, 6) is -1.41. The summed E-state index contributed by atoms with van der Waals surface area (Å²) in [6.45, 7) is 2.26. The largest absolute Gasteiger partial charge is 0.356 e. The monoisotopic (exact) mass is 488 g/mol. The Morgan fingerprint density at radius 1 is 1.03 bits per heavy atom. The van der Waals surface area contributed by atoms with Gasteiger partial charge in [-0.15, -0.1) is 0 Å². The second kappa shape index (κ2) is 11.6. The van der Waals surface area contributed by atoms with E-state index in [2.05, 4.69) is 10.6 Å². The third-order valence-electron chi connectivity index (χ3n) is 5.25. The number of carbonyl (C=O) groups is 2. The van der Waals surface area contributed by atoms with Crippen LogP contribution < -0.4 is 21.9 Å². The van der Waals surface area contributed by atoms with Crippen LogP contribution in [0.2, 0.25) is 5.02 Å². The number of unbranched alkanes of at least 4 members (excludes halogenated alkanes) is 1. The molecule has 3 rings (SSSR count). The molecule has 0 aliphatic carbocycles. The van der Waals surface area contributed by atoms with Gasteiger partial charge in [-0.1, -0.05) is 30.7 Å². The summed E-state index contributed by atoms with van der Waals surface area (Å²) in [6.07, 6.45) is 2.08. The predicted octanol–water partition coefficient (Wildman–Crippen LogP) is 3.29. The maximum Gasteiger partial charge on any atom is 0.331 e. The molecule has 180 valence electrons. The summed E-state index contributed by atoms with van der Waals surface area (Å²) in [4.78, 5) is 50.5. The van der Waals surface area contributed by atoms with Gasteiger partial charge in [0.2, 0.25) is 11.8 Å². The van der Waals surface area contributed by atoms with Crippen LogP contribution in [0, 0.1) is 5.82 Å². The van der Waals surface area contributed by atoms with E-state index in [1.54, 1.807) is 24.3 Å². The molecular weight excluding hydrogens is 463 g/mol. The third-order valence-corrected chi connectivity index (χ3v) is 5.48. The quantitative estimate of drug-likeness (QED) is 0.427. The summed E-state index contributed by atoms with van der Waals surface area (Å²) in [5, 5.41) is 5.69. The number of hydrogen-bond acceptors (Lipinski definition) is 4. The summed E-state index contributed by atoms with van der Waals surface area (Å²) in [7, 11) is 0. The van der Waals surface area contributed by atoms with Gasteiger partial charge in [-0.2, -0.15) is 0 Å². The normalized spacial score (nSPS) is 10.9. The molecule has 3 aromatic rings. The SMILES string of the molecule is CCCNC(=O)CCCCn1c(=O)c2ccccc2n(CC(=O)Nc2ccc(Cl)cc2F)c1=O. The van der Waals surface area contributed by atoms with E-state index in [1.165, 1.54) is 16.7 Å². The lowest BCUT2D eigenvalue weighted by atomic mass is 10.2. The summed E-state index contributed by atoms with van der Waals surface area (Å²) >= 11 is 5.74. The zero-order valence-corrected chi connectivity index (χ0v) is 19.5. The molecule has 1 aromatic heterocycles. The van der Waals surface area contributed by atoms with Gasteiger partial charge in [-0.25, -0.2) is 9.18 Å². The molecule has 2 N–H and O–H groups in total. The number of carbonyl (C=O) groups excluding carboxylic acids is 2. The number of anilines is 1. The molecule has 0 aliphatic heterocycles. The van der Waals surface area contributed by atoms with Crippen LogP contribution in [-0.4, -0.2) is 27.5 Å². The van der Waals surface area contributed by atoms with Crippen LogP contribution in [0.5, 0.6) is 0 Å². The van der Waals surface area contributed by atoms with Gasteiger partial charge >= 0.3 is 5.69 Å². The molecule has 0 saturated heterocycles. The van der Waals surface area contributed by atoms with E-state index in [0.717, 1.165) is 17.1 Å². The highest BCUT2D eigenvalue weighted by Crippen LogP contribution is 2.19. The van der Waals surface area contributed by atoms with Crippen molar-refractivity contribution in [2.45, 2.75) is 45.7 Å². The van der Waals surface area contributed by atoms with Crippen molar-refractivity contribution in [2.75, 3.05) is 11.9 Å². The van der Waals surface area contributed by atoms with Crippen LogP contribution in [0.3, 0.4) is 0 Å². The number of para-hydroxylation sites is 1. The second-order valence-corrected chi connectivity index (χ2v) is 8.26. The van der Waals surface area contributed by atoms with E-state index >= 15 is 0 Å². The van der Waals surface area contributed by atoms with Crippen molar-refractivity contribution >= 4 is 40.0 Å². The summed E-state index contributed by atoms with van der Waals surface area (Å²) in [5.41, 5.74) is -0.872. The Balaban J connectivity index is 1.82. The first-order valence-corrected chi connectivity index (χ1v) is 11.4. The van der Waals surface area contributed by atoms with E-state index in [0.29, 0.717) is 31.3 Å². The van der Waals surface area contributed by atoms with Gasteiger partial charge in [0.1, 0.15) is 12.4 Å². The first-order valence-electron chi connectivity index (χ1n) is 11.1. The first-order chi connectivity index (χ1) is 16.3. The molecule has 0 saturated carbocycles. The van der Waals surface area contributed by atoms with Gasteiger partial charge in [0.25, 0.3) is 5.56 Å². The van der Waals surface area contributed by atoms with Crippen LogP contribution in [-0.2, 0) is 22.7 Å². The van der Waals surface area contributed by atoms with E-state index < -0.39 is 29.5 Å². The van der Waals surface area contributed by atoms with Crippen molar-refractivity contribution < 1.29 is 14.0 Å². The number of hydrogen-bond donors (Lipinski definition) is 2. The number of nitrogens with zero attached hydrogens (tertiary/aromatic N) is 2. The Kier molecular flexibility index (Phi) is 8.59. The average Bonchev–Trinajstić information content (AvgIpc) is 2.81. The van der Waals surface area contributed by atoms with Crippen molar-refractivity contribution in [3.8, 4) is 0 Å². The predicted molar refractivity (Wildman–Crippen MR) is 130 cm³/mol. The second-order valence-electron chi connectivity index (χ2n) is 7.82. The van der Waals surface area contributed by atoms with E-state index in [4.69, 9.17) is 11.6 Å². The molecule has 0 spiro atoms. The Morgan fingerprint density at radius 3 is 2.53 bits per heavy atom. The average molecular weight is 489 g/mol. The van der Waals surface area contributed by atoms with E-state index in [-0.39, 0.29) is 28.5 Å². The molecule has 1 heterocycles. The molecule has 0 bridgehead atoms. The molecule has 0 radical (unpaired) electrons. The van der Waals surface area contributed by atoms with E-state index in [9.17, 15) is 23.6 Å². The summed E-state index contributed by atoms with van der Waals surface area (Å²) in [6, 6.07) is 10.3. The standard InChI is InChI=1S/C24H26ClFN4O4/c1-2-12-27-21(31)9-5-6-13-29-23(33)17-7-3-4-8-20(17)30(24(29)34)15-22(32)28-19-11-10-16(25)14-18(19)26/h3-4,7-8,10-11,14H,2,5-6,9,12-13,15H2,1H3,(H,27,31)(H,28,32). The molecule has 8 nitrogen and oxygen atoms in total. The van der Waals surface area contributed by atoms with Crippen molar-refractivity contribution in [3.05, 3.63) is 74.1 Å².